The summed E-state index contributed by atoms with van der Waals surface area (Å²) in [5.41, 5.74) is 9.10. The van der Waals surface area contributed by atoms with Gasteiger partial charge in [0.05, 0.1) is 6.04 Å². The van der Waals surface area contributed by atoms with E-state index in [2.05, 4.69) is 17.2 Å². The molecule has 2 aromatic rings. The van der Waals surface area contributed by atoms with E-state index in [0.29, 0.717) is 48.7 Å². The Morgan fingerprint density at radius 1 is 1.11 bits per heavy atom. The van der Waals surface area contributed by atoms with Crippen molar-refractivity contribution in [2.24, 2.45) is 17.6 Å². The van der Waals surface area contributed by atoms with Crippen LogP contribution in [0, 0.1) is 11.8 Å². The van der Waals surface area contributed by atoms with Crippen molar-refractivity contribution in [1.29, 1.82) is 0 Å². The highest BCUT2D eigenvalue weighted by Gasteiger charge is 2.29. The Labute approximate surface area is 230 Å². The summed E-state index contributed by atoms with van der Waals surface area (Å²) in [6, 6.07) is 7.65. The van der Waals surface area contributed by atoms with Crippen LogP contribution in [0.4, 0.5) is 0 Å². The van der Waals surface area contributed by atoms with E-state index in [-0.39, 0.29) is 23.6 Å². The van der Waals surface area contributed by atoms with E-state index >= 15 is 0 Å². The van der Waals surface area contributed by atoms with Crippen LogP contribution < -0.4 is 16.4 Å². The third kappa shape index (κ3) is 8.27. The second-order valence-corrected chi connectivity index (χ2v) is 11.1. The predicted molar refractivity (Wildman–Crippen MR) is 155 cm³/mol. The fraction of sp³-hybridized carbons (Fsp3) is 0.500. The lowest BCUT2D eigenvalue weighted by Crippen LogP contribution is -2.49. The zero-order valence-electron chi connectivity index (χ0n) is 22.9. The summed E-state index contributed by atoms with van der Waals surface area (Å²) < 4.78 is 0. The Morgan fingerprint density at radius 3 is 2.39 bits per heavy atom. The van der Waals surface area contributed by atoms with Gasteiger partial charge in [0.25, 0.3) is 11.8 Å². The van der Waals surface area contributed by atoms with Crippen LogP contribution in [0.2, 0.25) is 0 Å². The third-order valence-corrected chi connectivity index (χ3v) is 7.65. The summed E-state index contributed by atoms with van der Waals surface area (Å²) in [5.74, 6) is -0.134. The molecule has 1 saturated carbocycles. The fourth-order valence-electron chi connectivity index (χ4n) is 4.53. The molecule has 1 aliphatic carbocycles. The molecule has 0 radical (unpaired) electrons. The molecule has 1 aliphatic rings. The second kappa shape index (κ2) is 14.3. The number of hydrogen-bond donors (Lipinski definition) is 3. The van der Waals surface area contributed by atoms with E-state index in [1.165, 1.54) is 12.8 Å². The second-order valence-electron chi connectivity index (χ2n) is 10.4. The van der Waals surface area contributed by atoms with Crippen LogP contribution in [0.15, 0.2) is 47.7 Å². The number of rotatable bonds is 15. The van der Waals surface area contributed by atoms with Crippen LogP contribution in [0.1, 0.15) is 79.2 Å². The highest BCUT2D eigenvalue weighted by molar-refractivity contribution is 7.08. The number of thiophene rings is 1. The number of nitrogens with two attached hydrogens (primary N) is 1. The van der Waals surface area contributed by atoms with Gasteiger partial charge in [0.1, 0.15) is 0 Å². The summed E-state index contributed by atoms with van der Waals surface area (Å²) >= 11 is 1.54. The molecule has 38 heavy (non-hydrogen) atoms. The molecule has 3 rings (SSSR count). The number of amides is 3. The number of benzene rings is 1. The van der Waals surface area contributed by atoms with Crippen LogP contribution in [-0.4, -0.2) is 54.3 Å². The van der Waals surface area contributed by atoms with Crippen LogP contribution in [0.5, 0.6) is 0 Å². The van der Waals surface area contributed by atoms with E-state index in [0.717, 1.165) is 18.4 Å². The number of nitrogens with one attached hydrogen (secondary N) is 2. The van der Waals surface area contributed by atoms with Gasteiger partial charge in [-0.3, -0.25) is 14.4 Å². The van der Waals surface area contributed by atoms with E-state index in [4.69, 9.17) is 5.73 Å². The molecule has 206 valence electrons. The van der Waals surface area contributed by atoms with Gasteiger partial charge in [0, 0.05) is 42.7 Å². The van der Waals surface area contributed by atoms with Crippen LogP contribution >= 0.6 is 11.3 Å². The summed E-state index contributed by atoms with van der Waals surface area (Å²) in [6.07, 6.45) is 4.47. The molecule has 0 saturated heterocycles. The Hall–Kier alpha value is -2.97. The molecule has 0 unspecified atom stereocenters. The van der Waals surface area contributed by atoms with Crippen molar-refractivity contribution in [2.45, 2.75) is 65.0 Å². The largest absolute Gasteiger partial charge is 0.356 e. The lowest BCUT2D eigenvalue weighted by atomic mass is 9.89. The van der Waals surface area contributed by atoms with E-state index in [1.54, 1.807) is 35.6 Å². The normalized spacial score (nSPS) is 15.3. The average molecular weight is 539 g/mol. The Kier molecular flexibility index (Phi) is 11.1. The fourth-order valence-corrected chi connectivity index (χ4v) is 5.21. The molecule has 8 heteroatoms. The molecule has 0 spiro atoms. The first-order valence-electron chi connectivity index (χ1n) is 13.7. The molecule has 3 amide bonds. The standard InChI is InChI=1S/C30H42N4O3S/c1-5-13-34(14-6-2)30(37)24-9-7-8-23(17-24)29(36)33-27(21(4)25-12-15-38-19-25)26(31)16-20(3)28(35)32-18-22-10-11-22/h7-9,12,15,17,19-20,22,26-27H,4-6,10-11,13-14,16,18,31H2,1-3H3,(H,32,35)(H,33,36)/t20-,26+,27+/m1/s1. The van der Waals surface area contributed by atoms with Gasteiger partial charge in [-0.15, -0.1) is 0 Å². The van der Waals surface area contributed by atoms with Gasteiger partial charge in [0.15, 0.2) is 0 Å². The van der Waals surface area contributed by atoms with E-state index < -0.39 is 12.1 Å². The van der Waals surface area contributed by atoms with Crippen LogP contribution in [0.25, 0.3) is 5.57 Å². The lowest BCUT2D eigenvalue weighted by Gasteiger charge is -2.29. The molecule has 3 atom stereocenters. The number of nitrogens with zero attached hydrogens (tertiary/aromatic N) is 1. The van der Waals surface area contributed by atoms with E-state index in [9.17, 15) is 14.4 Å². The molecule has 4 N–H and O–H groups in total. The molecular weight excluding hydrogens is 496 g/mol. The maximum absolute atomic E-state index is 13.4. The van der Waals surface area contributed by atoms with Gasteiger partial charge < -0.3 is 21.3 Å². The first kappa shape index (κ1) is 29.6. The topological polar surface area (TPSA) is 105 Å². The van der Waals surface area contributed by atoms with Gasteiger partial charge in [0.2, 0.25) is 5.91 Å². The zero-order valence-corrected chi connectivity index (χ0v) is 23.7. The summed E-state index contributed by atoms with van der Waals surface area (Å²) in [5, 5.41) is 9.99. The zero-order chi connectivity index (χ0) is 27.7. The van der Waals surface area contributed by atoms with Crippen LogP contribution in [0.3, 0.4) is 0 Å². The van der Waals surface area contributed by atoms with Crippen molar-refractivity contribution in [2.75, 3.05) is 19.6 Å². The van der Waals surface area contributed by atoms with Crippen LogP contribution in [-0.2, 0) is 4.79 Å². The summed E-state index contributed by atoms with van der Waals surface area (Å²) in [7, 11) is 0. The smallest absolute Gasteiger partial charge is 0.253 e. The molecule has 0 aliphatic heterocycles. The summed E-state index contributed by atoms with van der Waals surface area (Å²) in [6.45, 7) is 12.3. The van der Waals surface area contributed by atoms with Crippen molar-refractivity contribution < 1.29 is 14.4 Å². The minimum Gasteiger partial charge on any atom is -0.356 e. The molecule has 7 nitrogen and oxygen atoms in total. The Bertz CT molecular complexity index is 1090. The highest BCUT2D eigenvalue weighted by atomic mass is 32.1. The minimum atomic E-state index is -0.577. The molecule has 1 aromatic heterocycles. The first-order valence-corrected chi connectivity index (χ1v) is 14.6. The van der Waals surface area contributed by atoms with Gasteiger partial charge in [-0.2, -0.15) is 11.3 Å². The SMILES string of the molecule is C=C(c1ccsc1)[C@H](NC(=O)c1cccc(C(=O)N(CCC)CCC)c1)[C@@H](N)C[C@@H](C)C(=O)NCC1CC1. The molecule has 0 bridgehead atoms. The maximum atomic E-state index is 13.4. The van der Waals surface area contributed by atoms with Crippen molar-refractivity contribution in [3.8, 4) is 0 Å². The highest BCUT2D eigenvalue weighted by Crippen LogP contribution is 2.28. The third-order valence-electron chi connectivity index (χ3n) is 6.96. The monoisotopic (exact) mass is 538 g/mol. The Morgan fingerprint density at radius 2 is 1.79 bits per heavy atom. The van der Waals surface area contributed by atoms with E-state index in [1.807, 2.05) is 42.5 Å². The van der Waals surface area contributed by atoms with Crippen molar-refractivity contribution in [1.82, 2.24) is 15.5 Å². The Balaban J connectivity index is 1.75. The van der Waals surface area contributed by atoms with Crippen molar-refractivity contribution in [3.05, 3.63) is 64.4 Å². The average Bonchev–Trinajstić information content (AvgIpc) is 3.59. The van der Waals surface area contributed by atoms with Gasteiger partial charge in [-0.1, -0.05) is 33.4 Å². The van der Waals surface area contributed by atoms with Crippen molar-refractivity contribution >= 4 is 34.6 Å². The minimum absolute atomic E-state index is 0.0199. The molecule has 1 fully saturated rings. The quantitative estimate of drug-likeness (QED) is 0.306. The number of carbonyl (C=O) groups excluding carboxylic acids is 3. The maximum Gasteiger partial charge on any atom is 0.253 e. The van der Waals surface area contributed by atoms with Crippen molar-refractivity contribution in [3.63, 3.8) is 0 Å². The molecule has 1 heterocycles. The van der Waals surface area contributed by atoms with Gasteiger partial charge >= 0.3 is 0 Å². The molecular formula is C30H42N4O3S. The number of carbonyl (C=O) groups is 3. The number of hydrogen-bond acceptors (Lipinski definition) is 5. The predicted octanol–water partition coefficient (Wildman–Crippen LogP) is 4.70. The summed E-state index contributed by atoms with van der Waals surface area (Å²) in [4.78, 5) is 41.0. The first-order chi connectivity index (χ1) is 18.2. The van der Waals surface area contributed by atoms with Gasteiger partial charge in [-0.05, 0) is 84.2 Å². The lowest BCUT2D eigenvalue weighted by molar-refractivity contribution is -0.124. The van der Waals surface area contributed by atoms with Gasteiger partial charge in [-0.25, -0.2) is 0 Å². The molecule has 1 aromatic carbocycles.